The maximum absolute atomic E-state index is 5.18. The maximum Gasteiger partial charge on any atom is 0.141 e. The van der Waals surface area contributed by atoms with Gasteiger partial charge in [-0.05, 0) is 13.0 Å². The molecule has 0 bridgehead atoms. The number of nitrogens with zero attached hydrogens (tertiary/aromatic N) is 1. The van der Waals surface area contributed by atoms with Crippen LogP contribution in [-0.4, -0.2) is 12.1 Å². The van der Waals surface area contributed by atoms with E-state index in [-0.39, 0.29) is 0 Å². The average molecular weight is 147 g/mol. The number of pyridine rings is 1. The lowest BCUT2D eigenvalue weighted by Crippen LogP contribution is -1.90. The number of hydrogen-bond acceptors (Lipinski definition) is 2. The van der Waals surface area contributed by atoms with Gasteiger partial charge in [-0.2, -0.15) is 0 Å². The Morgan fingerprint density at radius 2 is 2.36 bits per heavy atom. The number of rotatable bonds is 1. The van der Waals surface area contributed by atoms with E-state index in [0.717, 1.165) is 17.0 Å². The monoisotopic (exact) mass is 147 g/mol. The van der Waals surface area contributed by atoms with E-state index in [0.29, 0.717) is 0 Å². The summed E-state index contributed by atoms with van der Waals surface area (Å²) in [6, 6.07) is 1.79. The first-order chi connectivity index (χ1) is 5.27. The SMILES string of the molecule is C#Cc1cnc(C)c(OC)c1. The van der Waals surface area contributed by atoms with Gasteiger partial charge in [0.15, 0.2) is 0 Å². The second-order valence-corrected chi connectivity index (χ2v) is 2.16. The van der Waals surface area contributed by atoms with E-state index in [9.17, 15) is 0 Å². The first kappa shape index (κ1) is 7.62. The Morgan fingerprint density at radius 1 is 1.64 bits per heavy atom. The summed E-state index contributed by atoms with van der Waals surface area (Å²) < 4.78 is 5.03. The van der Waals surface area contributed by atoms with Crippen LogP contribution < -0.4 is 4.74 Å². The molecule has 1 aromatic rings. The largest absolute Gasteiger partial charge is 0.495 e. The zero-order chi connectivity index (χ0) is 8.27. The van der Waals surface area contributed by atoms with Crippen LogP contribution in [0.4, 0.5) is 0 Å². The van der Waals surface area contributed by atoms with Crippen molar-refractivity contribution in [1.29, 1.82) is 0 Å². The van der Waals surface area contributed by atoms with Crippen LogP contribution in [0.5, 0.6) is 5.75 Å². The van der Waals surface area contributed by atoms with Gasteiger partial charge in [0.05, 0.1) is 12.8 Å². The number of aryl methyl sites for hydroxylation is 1. The molecular weight excluding hydrogens is 138 g/mol. The normalized spacial score (nSPS) is 8.82. The fourth-order valence-corrected chi connectivity index (χ4v) is 0.798. The lowest BCUT2D eigenvalue weighted by Gasteiger charge is -2.02. The van der Waals surface area contributed by atoms with Gasteiger partial charge in [-0.15, -0.1) is 6.42 Å². The van der Waals surface area contributed by atoms with Gasteiger partial charge >= 0.3 is 0 Å². The summed E-state index contributed by atoms with van der Waals surface area (Å²) in [5.41, 5.74) is 1.60. The first-order valence-electron chi connectivity index (χ1n) is 3.25. The molecule has 0 N–H and O–H groups in total. The Balaban J connectivity index is 3.15. The summed E-state index contributed by atoms with van der Waals surface area (Å²) in [7, 11) is 1.60. The van der Waals surface area contributed by atoms with Gasteiger partial charge in [-0.25, -0.2) is 0 Å². The second-order valence-electron chi connectivity index (χ2n) is 2.16. The molecule has 2 heteroatoms. The Labute approximate surface area is 66.2 Å². The summed E-state index contributed by atoms with van der Waals surface area (Å²) in [6.45, 7) is 1.87. The molecule has 0 amide bonds. The second kappa shape index (κ2) is 3.07. The van der Waals surface area contributed by atoms with Crippen molar-refractivity contribution in [3.8, 4) is 18.1 Å². The molecule has 0 saturated carbocycles. The summed E-state index contributed by atoms with van der Waals surface area (Å²) in [5, 5.41) is 0. The van der Waals surface area contributed by atoms with Gasteiger partial charge in [0, 0.05) is 11.8 Å². The molecule has 0 aromatic carbocycles. The van der Waals surface area contributed by atoms with E-state index in [1.807, 2.05) is 6.92 Å². The molecule has 0 fully saturated rings. The fraction of sp³-hybridized carbons (Fsp3) is 0.222. The average Bonchev–Trinajstić information content (AvgIpc) is 2.05. The molecule has 0 aliphatic rings. The minimum absolute atomic E-state index is 0.737. The third kappa shape index (κ3) is 1.50. The third-order valence-electron chi connectivity index (χ3n) is 1.43. The fourth-order valence-electron chi connectivity index (χ4n) is 0.798. The van der Waals surface area contributed by atoms with Gasteiger partial charge in [-0.1, -0.05) is 5.92 Å². The number of terminal acetylenes is 1. The Hall–Kier alpha value is -1.49. The van der Waals surface area contributed by atoms with Gasteiger partial charge in [0.25, 0.3) is 0 Å². The van der Waals surface area contributed by atoms with E-state index in [4.69, 9.17) is 11.2 Å². The zero-order valence-electron chi connectivity index (χ0n) is 6.59. The van der Waals surface area contributed by atoms with E-state index < -0.39 is 0 Å². The maximum atomic E-state index is 5.18. The molecule has 1 aromatic heterocycles. The van der Waals surface area contributed by atoms with E-state index in [1.54, 1.807) is 19.4 Å². The molecule has 1 rings (SSSR count). The molecular formula is C9H9NO. The van der Waals surface area contributed by atoms with Crippen LogP contribution in [0.3, 0.4) is 0 Å². The first-order valence-corrected chi connectivity index (χ1v) is 3.25. The molecule has 1 heterocycles. The lowest BCUT2D eigenvalue weighted by molar-refractivity contribution is 0.409. The Morgan fingerprint density at radius 3 is 2.91 bits per heavy atom. The van der Waals surface area contributed by atoms with Crippen LogP contribution in [0.25, 0.3) is 0 Å². The molecule has 56 valence electrons. The quantitative estimate of drug-likeness (QED) is 0.560. The predicted molar refractivity (Wildman–Crippen MR) is 43.5 cm³/mol. The third-order valence-corrected chi connectivity index (χ3v) is 1.43. The van der Waals surface area contributed by atoms with Crippen LogP contribution in [-0.2, 0) is 0 Å². The van der Waals surface area contributed by atoms with Crippen molar-refractivity contribution in [1.82, 2.24) is 4.98 Å². The van der Waals surface area contributed by atoms with Gasteiger partial charge in [0.2, 0.25) is 0 Å². The molecule has 0 aliphatic heterocycles. The van der Waals surface area contributed by atoms with E-state index >= 15 is 0 Å². The summed E-state index contributed by atoms with van der Waals surface area (Å²) in [6.07, 6.45) is 6.83. The van der Waals surface area contributed by atoms with Gasteiger partial charge < -0.3 is 4.74 Å². The van der Waals surface area contributed by atoms with Crippen molar-refractivity contribution in [2.75, 3.05) is 7.11 Å². The van der Waals surface area contributed by atoms with Crippen molar-refractivity contribution >= 4 is 0 Å². The van der Waals surface area contributed by atoms with Crippen molar-refractivity contribution in [2.45, 2.75) is 6.92 Å². The molecule has 11 heavy (non-hydrogen) atoms. The molecule has 0 atom stereocenters. The number of ether oxygens (including phenoxy) is 1. The van der Waals surface area contributed by atoms with Crippen LogP contribution >= 0.6 is 0 Å². The topological polar surface area (TPSA) is 22.1 Å². The van der Waals surface area contributed by atoms with Gasteiger partial charge in [0.1, 0.15) is 5.75 Å². The molecule has 0 radical (unpaired) electrons. The van der Waals surface area contributed by atoms with Crippen LogP contribution in [0, 0.1) is 19.3 Å². The lowest BCUT2D eigenvalue weighted by atomic mass is 10.2. The summed E-state index contributed by atoms with van der Waals surface area (Å²) in [5.74, 6) is 3.22. The highest BCUT2D eigenvalue weighted by molar-refractivity contribution is 5.38. The zero-order valence-corrected chi connectivity index (χ0v) is 6.59. The number of methoxy groups -OCH3 is 1. The van der Waals surface area contributed by atoms with Crippen LogP contribution in [0.1, 0.15) is 11.3 Å². The van der Waals surface area contributed by atoms with Crippen molar-refractivity contribution in [2.24, 2.45) is 0 Å². The molecule has 0 aliphatic carbocycles. The smallest absolute Gasteiger partial charge is 0.141 e. The minimum Gasteiger partial charge on any atom is -0.495 e. The van der Waals surface area contributed by atoms with Crippen LogP contribution in [0.15, 0.2) is 12.3 Å². The molecule has 0 unspecified atom stereocenters. The highest BCUT2D eigenvalue weighted by atomic mass is 16.5. The minimum atomic E-state index is 0.737. The Bertz CT molecular complexity index is 299. The Kier molecular flexibility index (Phi) is 2.12. The molecule has 2 nitrogen and oxygen atoms in total. The van der Waals surface area contributed by atoms with E-state index in [2.05, 4.69) is 10.9 Å². The predicted octanol–water partition coefficient (Wildman–Crippen LogP) is 1.38. The number of hydrogen-bond donors (Lipinski definition) is 0. The van der Waals surface area contributed by atoms with Crippen molar-refractivity contribution in [3.63, 3.8) is 0 Å². The van der Waals surface area contributed by atoms with Crippen molar-refractivity contribution < 1.29 is 4.74 Å². The highest BCUT2D eigenvalue weighted by Gasteiger charge is 1.98. The summed E-state index contributed by atoms with van der Waals surface area (Å²) >= 11 is 0. The number of aromatic nitrogens is 1. The summed E-state index contributed by atoms with van der Waals surface area (Å²) in [4.78, 5) is 4.05. The highest BCUT2D eigenvalue weighted by Crippen LogP contribution is 2.15. The standard InChI is InChI=1S/C9H9NO/c1-4-8-5-9(11-3)7(2)10-6-8/h1,5-6H,2-3H3. The van der Waals surface area contributed by atoms with Crippen LogP contribution in [0.2, 0.25) is 0 Å². The van der Waals surface area contributed by atoms with Crippen molar-refractivity contribution in [3.05, 3.63) is 23.5 Å². The van der Waals surface area contributed by atoms with E-state index in [1.165, 1.54) is 0 Å². The molecule has 0 saturated heterocycles. The van der Waals surface area contributed by atoms with Gasteiger partial charge in [-0.3, -0.25) is 4.98 Å². The molecule has 0 spiro atoms.